The summed E-state index contributed by atoms with van der Waals surface area (Å²) in [4.78, 5) is 24.2. The van der Waals surface area contributed by atoms with Crippen LogP contribution in [0.4, 0.5) is 5.69 Å². The molecule has 3 aromatic carbocycles. The van der Waals surface area contributed by atoms with Gasteiger partial charge in [-0.2, -0.15) is 0 Å². The summed E-state index contributed by atoms with van der Waals surface area (Å²) in [6.45, 7) is 2.22. The van der Waals surface area contributed by atoms with Gasteiger partial charge in [0.1, 0.15) is 12.4 Å². The fourth-order valence-corrected chi connectivity index (χ4v) is 2.62. The molecule has 2 amide bonds. The second-order valence-corrected chi connectivity index (χ2v) is 6.23. The summed E-state index contributed by atoms with van der Waals surface area (Å²) in [5.74, 6) is -0.386. The summed E-state index contributed by atoms with van der Waals surface area (Å²) in [7, 11) is 0. The largest absolute Gasteiger partial charge is 0.489 e. The standard InChI is InChI=1S/C22H20N2O4/c1-15-10-11-18(22(26)24-27)13-20(15)23-21(25)17-8-5-9-19(12-17)28-14-16-6-3-2-4-7-16/h2-13,27H,14H2,1H3,(H,23,25)(H,24,26). The van der Waals surface area contributed by atoms with Crippen molar-refractivity contribution < 1.29 is 19.5 Å². The maximum absolute atomic E-state index is 12.6. The molecule has 3 rings (SSSR count). The number of hydroxylamine groups is 1. The van der Waals surface area contributed by atoms with Crippen molar-refractivity contribution >= 4 is 17.5 Å². The molecule has 6 heteroatoms. The molecule has 6 nitrogen and oxygen atoms in total. The first-order valence-electron chi connectivity index (χ1n) is 8.70. The number of anilines is 1. The number of nitrogens with one attached hydrogen (secondary N) is 2. The zero-order valence-electron chi connectivity index (χ0n) is 15.3. The van der Waals surface area contributed by atoms with Crippen LogP contribution in [0.25, 0.3) is 0 Å². The van der Waals surface area contributed by atoms with Crippen LogP contribution < -0.4 is 15.5 Å². The number of amides is 2. The van der Waals surface area contributed by atoms with E-state index in [1.807, 2.05) is 37.3 Å². The third-order valence-corrected chi connectivity index (χ3v) is 4.19. The van der Waals surface area contributed by atoms with Crippen molar-refractivity contribution in [3.05, 3.63) is 95.1 Å². The first-order chi connectivity index (χ1) is 13.6. The molecule has 0 fully saturated rings. The van der Waals surface area contributed by atoms with Crippen LogP contribution in [0.1, 0.15) is 31.8 Å². The SMILES string of the molecule is Cc1ccc(C(=O)NO)cc1NC(=O)c1cccc(OCc2ccccc2)c1. The first kappa shape index (κ1) is 19.1. The number of ether oxygens (including phenoxy) is 1. The van der Waals surface area contributed by atoms with E-state index >= 15 is 0 Å². The number of hydrogen-bond acceptors (Lipinski definition) is 4. The summed E-state index contributed by atoms with van der Waals surface area (Å²) in [6.07, 6.45) is 0. The summed E-state index contributed by atoms with van der Waals surface area (Å²) in [6, 6.07) is 21.4. The molecule has 0 unspecified atom stereocenters. The fraction of sp³-hybridized carbons (Fsp3) is 0.0909. The van der Waals surface area contributed by atoms with Crippen LogP contribution in [-0.2, 0) is 6.61 Å². The second-order valence-electron chi connectivity index (χ2n) is 6.23. The molecular formula is C22H20N2O4. The van der Waals surface area contributed by atoms with Crippen LogP contribution in [-0.4, -0.2) is 17.0 Å². The van der Waals surface area contributed by atoms with Crippen molar-refractivity contribution in [2.24, 2.45) is 0 Å². The summed E-state index contributed by atoms with van der Waals surface area (Å²) in [5, 5.41) is 11.6. The van der Waals surface area contributed by atoms with Gasteiger partial charge in [0.2, 0.25) is 0 Å². The van der Waals surface area contributed by atoms with Gasteiger partial charge in [-0.05, 0) is 48.4 Å². The number of carbonyl (C=O) groups is 2. The van der Waals surface area contributed by atoms with Crippen LogP contribution in [0.5, 0.6) is 5.75 Å². The molecule has 0 heterocycles. The Morgan fingerprint density at radius 2 is 1.64 bits per heavy atom. The number of aryl methyl sites for hydroxylation is 1. The molecule has 0 aliphatic heterocycles. The summed E-state index contributed by atoms with van der Waals surface area (Å²) < 4.78 is 5.76. The van der Waals surface area contributed by atoms with Gasteiger partial charge in [-0.1, -0.05) is 42.5 Å². The highest BCUT2D eigenvalue weighted by atomic mass is 16.5. The third-order valence-electron chi connectivity index (χ3n) is 4.19. The Balaban J connectivity index is 1.72. The highest BCUT2D eigenvalue weighted by molar-refractivity contribution is 6.05. The van der Waals surface area contributed by atoms with Gasteiger partial charge in [0.25, 0.3) is 11.8 Å². The normalized spacial score (nSPS) is 10.2. The lowest BCUT2D eigenvalue weighted by atomic mass is 10.1. The molecule has 0 spiro atoms. The summed E-state index contributed by atoms with van der Waals surface area (Å²) in [5.41, 5.74) is 4.56. The second kappa shape index (κ2) is 8.83. The monoisotopic (exact) mass is 376 g/mol. The van der Waals surface area contributed by atoms with Gasteiger partial charge in [-0.3, -0.25) is 14.8 Å². The average Bonchev–Trinajstić information content (AvgIpc) is 2.74. The highest BCUT2D eigenvalue weighted by Crippen LogP contribution is 2.20. The predicted octanol–water partition coefficient (Wildman–Crippen LogP) is 3.95. The molecule has 0 atom stereocenters. The van der Waals surface area contributed by atoms with Crippen molar-refractivity contribution in [2.45, 2.75) is 13.5 Å². The Morgan fingerprint density at radius 1 is 0.893 bits per heavy atom. The molecule has 0 aromatic heterocycles. The molecule has 0 aliphatic carbocycles. The van der Waals surface area contributed by atoms with Crippen LogP contribution in [0.3, 0.4) is 0 Å². The van der Waals surface area contributed by atoms with E-state index in [1.165, 1.54) is 6.07 Å². The van der Waals surface area contributed by atoms with Crippen molar-refractivity contribution in [1.82, 2.24) is 5.48 Å². The molecule has 0 aliphatic rings. The number of carbonyl (C=O) groups excluding carboxylic acids is 2. The average molecular weight is 376 g/mol. The number of benzene rings is 3. The van der Waals surface area contributed by atoms with Gasteiger partial charge in [0.05, 0.1) is 0 Å². The molecule has 0 radical (unpaired) electrons. The highest BCUT2D eigenvalue weighted by Gasteiger charge is 2.12. The van der Waals surface area contributed by atoms with Gasteiger partial charge in [-0.15, -0.1) is 0 Å². The molecule has 0 bridgehead atoms. The number of rotatable bonds is 6. The van der Waals surface area contributed by atoms with Crippen molar-refractivity contribution in [2.75, 3.05) is 5.32 Å². The maximum atomic E-state index is 12.6. The zero-order chi connectivity index (χ0) is 19.9. The Hall–Kier alpha value is -3.64. The van der Waals surface area contributed by atoms with Crippen molar-refractivity contribution in [3.63, 3.8) is 0 Å². The van der Waals surface area contributed by atoms with Gasteiger partial charge in [-0.25, -0.2) is 5.48 Å². The van der Waals surface area contributed by atoms with E-state index < -0.39 is 5.91 Å². The molecule has 3 N–H and O–H groups in total. The van der Waals surface area contributed by atoms with E-state index in [-0.39, 0.29) is 11.5 Å². The van der Waals surface area contributed by atoms with E-state index in [0.29, 0.717) is 23.6 Å². The van der Waals surface area contributed by atoms with Crippen molar-refractivity contribution in [3.8, 4) is 5.75 Å². The van der Waals surface area contributed by atoms with Gasteiger partial charge in [0, 0.05) is 16.8 Å². The Morgan fingerprint density at radius 3 is 2.39 bits per heavy atom. The smallest absolute Gasteiger partial charge is 0.274 e. The Labute approximate surface area is 162 Å². The van der Waals surface area contributed by atoms with Gasteiger partial charge >= 0.3 is 0 Å². The van der Waals surface area contributed by atoms with Gasteiger partial charge in [0.15, 0.2) is 0 Å². The number of hydrogen-bond donors (Lipinski definition) is 3. The fourth-order valence-electron chi connectivity index (χ4n) is 2.62. The lowest BCUT2D eigenvalue weighted by molar-refractivity contribution is 0.0706. The third kappa shape index (κ3) is 4.75. The van der Waals surface area contributed by atoms with E-state index in [4.69, 9.17) is 9.94 Å². The molecule has 3 aromatic rings. The molecular weight excluding hydrogens is 356 g/mol. The van der Waals surface area contributed by atoms with E-state index in [2.05, 4.69) is 5.32 Å². The van der Waals surface area contributed by atoms with E-state index in [1.54, 1.807) is 41.9 Å². The Bertz CT molecular complexity index is 987. The van der Waals surface area contributed by atoms with Crippen molar-refractivity contribution in [1.29, 1.82) is 0 Å². The molecule has 0 saturated carbocycles. The zero-order valence-corrected chi connectivity index (χ0v) is 15.3. The minimum Gasteiger partial charge on any atom is -0.489 e. The van der Waals surface area contributed by atoms with Crippen LogP contribution in [0.2, 0.25) is 0 Å². The Kier molecular flexibility index (Phi) is 6.04. The van der Waals surface area contributed by atoms with Crippen LogP contribution in [0.15, 0.2) is 72.8 Å². The van der Waals surface area contributed by atoms with Crippen LogP contribution >= 0.6 is 0 Å². The predicted molar refractivity (Wildman–Crippen MR) is 106 cm³/mol. The molecule has 0 saturated heterocycles. The van der Waals surface area contributed by atoms with Gasteiger partial charge < -0.3 is 10.1 Å². The quantitative estimate of drug-likeness (QED) is 0.449. The van der Waals surface area contributed by atoms with E-state index in [0.717, 1.165) is 11.1 Å². The minimum absolute atomic E-state index is 0.239. The lowest BCUT2D eigenvalue weighted by Crippen LogP contribution is -2.19. The maximum Gasteiger partial charge on any atom is 0.274 e. The molecule has 142 valence electrons. The van der Waals surface area contributed by atoms with E-state index in [9.17, 15) is 9.59 Å². The molecule has 28 heavy (non-hydrogen) atoms. The topological polar surface area (TPSA) is 87.7 Å². The first-order valence-corrected chi connectivity index (χ1v) is 8.70. The van der Waals surface area contributed by atoms with Crippen LogP contribution in [0, 0.1) is 6.92 Å². The summed E-state index contributed by atoms with van der Waals surface area (Å²) >= 11 is 0. The minimum atomic E-state index is -0.646. The lowest BCUT2D eigenvalue weighted by Gasteiger charge is -2.11.